The molecule has 5 heteroatoms. The molecule has 0 aromatic heterocycles. The quantitative estimate of drug-likeness (QED) is 0.829. The SMILES string of the molecule is COc1cc(N)cc(C(=O)NCC2(C)CCN(C)CC2)c1. The Morgan fingerprint density at radius 3 is 2.67 bits per heavy atom. The summed E-state index contributed by atoms with van der Waals surface area (Å²) in [5.74, 6) is 0.506. The van der Waals surface area contributed by atoms with Crippen LogP contribution < -0.4 is 15.8 Å². The number of benzene rings is 1. The molecule has 1 amide bonds. The minimum atomic E-state index is -0.0965. The fourth-order valence-corrected chi connectivity index (χ4v) is 2.60. The standard InChI is InChI=1S/C16H25N3O2/c1-16(4-6-19(2)7-5-16)11-18-15(20)12-8-13(17)10-14(9-12)21-3/h8-10H,4-7,11,17H2,1-3H3,(H,18,20). The molecule has 1 saturated heterocycles. The highest BCUT2D eigenvalue weighted by Crippen LogP contribution is 2.29. The lowest BCUT2D eigenvalue weighted by molar-refractivity contribution is 0.0891. The number of nitrogens with one attached hydrogen (secondary N) is 1. The van der Waals surface area contributed by atoms with Crippen molar-refractivity contribution in [3.63, 3.8) is 0 Å². The molecular weight excluding hydrogens is 266 g/mol. The Bertz CT molecular complexity index is 508. The Hall–Kier alpha value is -1.75. The van der Waals surface area contributed by atoms with E-state index in [-0.39, 0.29) is 11.3 Å². The van der Waals surface area contributed by atoms with Gasteiger partial charge in [0.25, 0.3) is 5.91 Å². The number of hydrogen-bond donors (Lipinski definition) is 2. The second kappa shape index (κ2) is 6.35. The maximum atomic E-state index is 12.3. The third-order valence-corrected chi connectivity index (χ3v) is 4.30. The molecule has 1 fully saturated rings. The summed E-state index contributed by atoms with van der Waals surface area (Å²) in [6.45, 7) is 5.09. The summed E-state index contributed by atoms with van der Waals surface area (Å²) in [5.41, 5.74) is 7.04. The summed E-state index contributed by atoms with van der Waals surface area (Å²) in [6.07, 6.45) is 2.20. The molecule has 2 rings (SSSR count). The van der Waals surface area contributed by atoms with Gasteiger partial charge in [-0.05, 0) is 50.5 Å². The lowest BCUT2D eigenvalue weighted by Crippen LogP contribution is -2.43. The molecule has 116 valence electrons. The van der Waals surface area contributed by atoms with E-state index in [1.54, 1.807) is 25.3 Å². The van der Waals surface area contributed by atoms with Gasteiger partial charge in [-0.25, -0.2) is 0 Å². The molecule has 1 aromatic carbocycles. The fraction of sp³-hybridized carbons (Fsp3) is 0.562. The van der Waals surface area contributed by atoms with E-state index in [2.05, 4.69) is 24.2 Å². The van der Waals surface area contributed by atoms with E-state index >= 15 is 0 Å². The average Bonchev–Trinajstić information content (AvgIpc) is 2.47. The molecule has 0 bridgehead atoms. The summed E-state index contributed by atoms with van der Waals surface area (Å²) in [7, 11) is 3.70. The lowest BCUT2D eigenvalue weighted by atomic mass is 9.80. The lowest BCUT2D eigenvalue weighted by Gasteiger charge is -2.37. The van der Waals surface area contributed by atoms with Gasteiger partial charge in [-0.3, -0.25) is 4.79 Å². The second-order valence-corrected chi connectivity index (χ2v) is 6.29. The number of piperidine rings is 1. The van der Waals surface area contributed by atoms with E-state index in [9.17, 15) is 4.79 Å². The molecule has 5 nitrogen and oxygen atoms in total. The van der Waals surface area contributed by atoms with Gasteiger partial charge < -0.3 is 20.7 Å². The predicted molar refractivity (Wildman–Crippen MR) is 84.6 cm³/mol. The van der Waals surface area contributed by atoms with E-state index in [1.165, 1.54) is 0 Å². The second-order valence-electron chi connectivity index (χ2n) is 6.29. The Morgan fingerprint density at radius 2 is 2.05 bits per heavy atom. The van der Waals surface area contributed by atoms with Gasteiger partial charge in [0.15, 0.2) is 0 Å². The first-order valence-corrected chi connectivity index (χ1v) is 7.33. The summed E-state index contributed by atoms with van der Waals surface area (Å²) in [4.78, 5) is 14.6. The fourth-order valence-electron chi connectivity index (χ4n) is 2.60. The van der Waals surface area contributed by atoms with Crippen LogP contribution in [0, 0.1) is 5.41 Å². The minimum Gasteiger partial charge on any atom is -0.497 e. The number of rotatable bonds is 4. The maximum Gasteiger partial charge on any atom is 0.251 e. The van der Waals surface area contributed by atoms with E-state index in [0.717, 1.165) is 25.9 Å². The molecule has 1 aromatic rings. The number of hydrogen-bond acceptors (Lipinski definition) is 4. The van der Waals surface area contributed by atoms with Gasteiger partial charge in [-0.15, -0.1) is 0 Å². The van der Waals surface area contributed by atoms with Gasteiger partial charge in [0.1, 0.15) is 5.75 Å². The molecule has 0 aliphatic carbocycles. The third kappa shape index (κ3) is 4.11. The van der Waals surface area contributed by atoms with E-state index in [1.807, 2.05) is 0 Å². The highest BCUT2D eigenvalue weighted by Gasteiger charge is 2.29. The number of ether oxygens (including phenoxy) is 1. The highest BCUT2D eigenvalue weighted by atomic mass is 16.5. The van der Waals surface area contributed by atoms with Crippen molar-refractivity contribution < 1.29 is 9.53 Å². The van der Waals surface area contributed by atoms with Crippen molar-refractivity contribution in [2.45, 2.75) is 19.8 Å². The van der Waals surface area contributed by atoms with Crippen molar-refractivity contribution in [1.29, 1.82) is 0 Å². The van der Waals surface area contributed by atoms with Gasteiger partial charge in [-0.2, -0.15) is 0 Å². The van der Waals surface area contributed by atoms with Crippen LogP contribution in [0.3, 0.4) is 0 Å². The Balaban J connectivity index is 1.97. The van der Waals surface area contributed by atoms with Crippen LogP contribution in [0.2, 0.25) is 0 Å². The van der Waals surface area contributed by atoms with Crippen molar-refractivity contribution in [2.24, 2.45) is 5.41 Å². The number of likely N-dealkylation sites (tertiary alicyclic amines) is 1. The number of carbonyl (C=O) groups is 1. The normalized spacial score (nSPS) is 18.2. The average molecular weight is 291 g/mol. The van der Waals surface area contributed by atoms with Crippen molar-refractivity contribution in [3.8, 4) is 5.75 Å². The molecule has 0 radical (unpaired) electrons. The molecule has 3 N–H and O–H groups in total. The molecule has 1 heterocycles. The molecule has 1 aliphatic rings. The first kappa shape index (κ1) is 15.6. The molecule has 0 atom stereocenters. The number of carbonyl (C=O) groups excluding carboxylic acids is 1. The van der Waals surface area contributed by atoms with Gasteiger partial charge in [0.2, 0.25) is 0 Å². The summed E-state index contributed by atoms with van der Waals surface area (Å²) in [5, 5.41) is 3.03. The smallest absolute Gasteiger partial charge is 0.251 e. The third-order valence-electron chi connectivity index (χ3n) is 4.30. The Kier molecular flexibility index (Phi) is 4.73. The van der Waals surface area contributed by atoms with E-state index < -0.39 is 0 Å². The maximum absolute atomic E-state index is 12.3. The molecule has 0 unspecified atom stereocenters. The monoisotopic (exact) mass is 291 g/mol. The van der Waals surface area contributed by atoms with Gasteiger partial charge >= 0.3 is 0 Å². The number of nitrogens with two attached hydrogens (primary N) is 1. The summed E-state index contributed by atoms with van der Waals surface area (Å²) < 4.78 is 5.15. The van der Waals surface area contributed by atoms with Crippen molar-refractivity contribution in [2.75, 3.05) is 39.5 Å². The number of nitrogen functional groups attached to an aromatic ring is 1. The molecule has 0 saturated carbocycles. The molecule has 1 aliphatic heterocycles. The van der Waals surface area contributed by atoms with E-state index in [0.29, 0.717) is 23.5 Å². The zero-order valence-electron chi connectivity index (χ0n) is 13.1. The van der Waals surface area contributed by atoms with Gasteiger partial charge in [-0.1, -0.05) is 6.92 Å². The largest absolute Gasteiger partial charge is 0.497 e. The van der Waals surface area contributed by atoms with Crippen LogP contribution in [0.1, 0.15) is 30.1 Å². The van der Waals surface area contributed by atoms with Crippen LogP contribution in [0.15, 0.2) is 18.2 Å². The van der Waals surface area contributed by atoms with Gasteiger partial charge in [0.05, 0.1) is 7.11 Å². The number of anilines is 1. The van der Waals surface area contributed by atoms with Crippen LogP contribution in [0.4, 0.5) is 5.69 Å². The molecular formula is C16H25N3O2. The van der Waals surface area contributed by atoms with Crippen molar-refractivity contribution in [3.05, 3.63) is 23.8 Å². The van der Waals surface area contributed by atoms with Gasteiger partial charge in [0, 0.05) is 23.9 Å². The van der Waals surface area contributed by atoms with Crippen molar-refractivity contribution in [1.82, 2.24) is 10.2 Å². The predicted octanol–water partition coefficient (Wildman–Crippen LogP) is 1.74. The van der Waals surface area contributed by atoms with Crippen LogP contribution in [-0.2, 0) is 0 Å². The zero-order valence-corrected chi connectivity index (χ0v) is 13.1. The van der Waals surface area contributed by atoms with Crippen LogP contribution in [0.5, 0.6) is 5.75 Å². The Labute approximate surface area is 126 Å². The van der Waals surface area contributed by atoms with Crippen molar-refractivity contribution >= 4 is 11.6 Å². The van der Waals surface area contributed by atoms with Crippen LogP contribution in [-0.4, -0.2) is 44.6 Å². The number of nitrogens with zero attached hydrogens (tertiary/aromatic N) is 1. The summed E-state index contributed by atoms with van der Waals surface area (Å²) >= 11 is 0. The molecule has 21 heavy (non-hydrogen) atoms. The highest BCUT2D eigenvalue weighted by molar-refractivity contribution is 5.95. The topological polar surface area (TPSA) is 67.6 Å². The van der Waals surface area contributed by atoms with E-state index in [4.69, 9.17) is 10.5 Å². The number of amides is 1. The molecule has 0 spiro atoms. The minimum absolute atomic E-state index is 0.0965. The first-order valence-electron chi connectivity index (χ1n) is 7.33. The summed E-state index contributed by atoms with van der Waals surface area (Å²) in [6, 6.07) is 5.09. The number of methoxy groups -OCH3 is 1. The zero-order chi connectivity index (χ0) is 15.5. The van der Waals surface area contributed by atoms with Crippen LogP contribution >= 0.6 is 0 Å². The van der Waals surface area contributed by atoms with Crippen LogP contribution in [0.25, 0.3) is 0 Å². The first-order chi connectivity index (χ1) is 9.92. The Morgan fingerprint density at radius 1 is 1.38 bits per heavy atom.